The van der Waals surface area contributed by atoms with Crippen molar-refractivity contribution in [1.82, 2.24) is 5.16 Å². The van der Waals surface area contributed by atoms with Crippen molar-refractivity contribution in [3.63, 3.8) is 0 Å². The molecule has 0 bridgehead atoms. The van der Waals surface area contributed by atoms with Gasteiger partial charge in [-0.15, -0.1) is 11.8 Å². The molecule has 1 aromatic heterocycles. The van der Waals surface area contributed by atoms with E-state index in [9.17, 15) is 13.6 Å². The number of benzene rings is 1. The number of nitrogens with one attached hydrogen (secondary N) is 1. The van der Waals surface area contributed by atoms with E-state index in [1.807, 2.05) is 0 Å². The zero-order valence-corrected chi connectivity index (χ0v) is 10.8. The zero-order valence-electron chi connectivity index (χ0n) is 9.94. The molecule has 1 amide bonds. The maximum Gasteiger partial charge on any atom is 0.235 e. The van der Waals surface area contributed by atoms with Crippen molar-refractivity contribution < 1.29 is 18.1 Å². The molecule has 0 unspecified atom stereocenters. The van der Waals surface area contributed by atoms with E-state index in [2.05, 4.69) is 10.5 Å². The Morgan fingerprint density at radius 1 is 1.37 bits per heavy atom. The van der Waals surface area contributed by atoms with Gasteiger partial charge in [0.25, 0.3) is 0 Å². The largest absolute Gasteiger partial charge is 0.360 e. The molecule has 100 valence electrons. The molecule has 0 atom stereocenters. The van der Waals surface area contributed by atoms with Gasteiger partial charge in [-0.05, 0) is 25.1 Å². The molecule has 2 rings (SSSR count). The van der Waals surface area contributed by atoms with Gasteiger partial charge in [0.05, 0.1) is 5.75 Å². The van der Waals surface area contributed by atoms with Gasteiger partial charge in [0.15, 0.2) is 17.5 Å². The van der Waals surface area contributed by atoms with E-state index in [1.165, 1.54) is 6.07 Å². The van der Waals surface area contributed by atoms with Gasteiger partial charge in [0.1, 0.15) is 5.76 Å². The Kier molecular flexibility index (Phi) is 4.16. The predicted molar refractivity (Wildman–Crippen MR) is 67.0 cm³/mol. The number of rotatable bonds is 4. The second-order valence-corrected chi connectivity index (χ2v) is 4.78. The molecule has 0 aliphatic carbocycles. The van der Waals surface area contributed by atoms with Gasteiger partial charge in [-0.1, -0.05) is 5.16 Å². The fraction of sp³-hybridized carbons (Fsp3) is 0.167. The minimum Gasteiger partial charge on any atom is -0.360 e. The monoisotopic (exact) mass is 284 g/mol. The van der Waals surface area contributed by atoms with Crippen molar-refractivity contribution in [3.05, 3.63) is 41.7 Å². The van der Waals surface area contributed by atoms with Crippen LogP contribution in [0.25, 0.3) is 0 Å². The summed E-state index contributed by atoms with van der Waals surface area (Å²) in [6.07, 6.45) is 0. The topological polar surface area (TPSA) is 55.1 Å². The Labute approximate surface area is 112 Å². The zero-order chi connectivity index (χ0) is 13.8. The van der Waals surface area contributed by atoms with E-state index in [4.69, 9.17) is 4.52 Å². The molecular formula is C12H10F2N2O2S. The molecule has 1 aromatic carbocycles. The number of amides is 1. The van der Waals surface area contributed by atoms with Crippen molar-refractivity contribution in [2.45, 2.75) is 11.8 Å². The van der Waals surface area contributed by atoms with Gasteiger partial charge in [-0.2, -0.15) is 0 Å². The van der Waals surface area contributed by atoms with Gasteiger partial charge in [-0.25, -0.2) is 8.78 Å². The highest BCUT2D eigenvalue weighted by atomic mass is 32.2. The number of hydrogen-bond donors (Lipinski definition) is 1. The van der Waals surface area contributed by atoms with Crippen LogP contribution in [0.15, 0.2) is 33.7 Å². The molecule has 0 saturated heterocycles. The normalized spacial score (nSPS) is 10.5. The summed E-state index contributed by atoms with van der Waals surface area (Å²) in [7, 11) is 0. The fourth-order valence-corrected chi connectivity index (χ4v) is 2.04. The Morgan fingerprint density at radius 2 is 2.16 bits per heavy atom. The minimum absolute atomic E-state index is 0.0664. The van der Waals surface area contributed by atoms with E-state index in [-0.39, 0.29) is 11.7 Å². The van der Waals surface area contributed by atoms with Crippen LogP contribution in [-0.4, -0.2) is 16.8 Å². The molecule has 7 heteroatoms. The van der Waals surface area contributed by atoms with Crippen LogP contribution in [0, 0.1) is 18.6 Å². The molecule has 0 aliphatic heterocycles. The number of hydrogen-bond acceptors (Lipinski definition) is 4. The fourth-order valence-electron chi connectivity index (χ4n) is 1.32. The molecule has 19 heavy (non-hydrogen) atoms. The SMILES string of the molecule is Cc1cc(NC(=O)CSc2ccc(F)c(F)c2)no1. The maximum absolute atomic E-state index is 12.9. The summed E-state index contributed by atoms with van der Waals surface area (Å²) < 4.78 is 30.4. The highest BCUT2D eigenvalue weighted by molar-refractivity contribution is 8.00. The first-order valence-electron chi connectivity index (χ1n) is 5.35. The lowest BCUT2D eigenvalue weighted by Crippen LogP contribution is -2.14. The second-order valence-electron chi connectivity index (χ2n) is 3.74. The molecule has 2 aromatic rings. The van der Waals surface area contributed by atoms with Gasteiger partial charge in [-0.3, -0.25) is 4.79 Å². The molecule has 0 saturated carbocycles. The summed E-state index contributed by atoms with van der Waals surface area (Å²) in [5.74, 6) is -1.17. The first-order chi connectivity index (χ1) is 9.04. The van der Waals surface area contributed by atoms with Crippen LogP contribution >= 0.6 is 11.8 Å². The van der Waals surface area contributed by atoms with Crippen LogP contribution in [-0.2, 0) is 4.79 Å². The number of aryl methyl sites for hydroxylation is 1. The number of carbonyl (C=O) groups is 1. The quantitative estimate of drug-likeness (QED) is 0.877. The molecular weight excluding hydrogens is 274 g/mol. The van der Waals surface area contributed by atoms with Gasteiger partial charge in [0, 0.05) is 11.0 Å². The third-order valence-electron chi connectivity index (χ3n) is 2.16. The van der Waals surface area contributed by atoms with Crippen molar-refractivity contribution in [2.24, 2.45) is 0 Å². The lowest BCUT2D eigenvalue weighted by atomic mass is 10.3. The first kappa shape index (κ1) is 13.5. The van der Waals surface area contributed by atoms with E-state index < -0.39 is 11.6 Å². The molecule has 0 aliphatic rings. The number of halogens is 2. The standard InChI is InChI=1S/C12H10F2N2O2S/c1-7-4-11(16-18-7)15-12(17)6-19-8-2-3-9(13)10(14)5-8/h2-5H,6H2,1H3,(H,15,16,17). The number of carbonyl (C=O) groups excluding carboxylic acids is 1. The predicted octanol–water partition coefficient (Wildman–Crippen LogP) is 2.99. The van der Waals surface area contributed by atoms with Crippen LogP contribution in [0.2, 0.25) is 0 Å². The van der Waals surface area contributed by atoms with E-state index in [0.717, 1.165) is 23.9 Å². The maximum atomic E-state index is 12.9. The van der Waals surface area contributed by atoms with Crippen molar-refractivity contribution in [2.75, 3.05) is 11.1 Å². The van der Waals surface area contributed by atoms with Crippen molar-refractivity contribution in [3.8, 4) is 0 Å². The number of thioether (sulfide) groups is 1. The van der Waals surface area contributed by atoms with Gasteiger partial charge >= 0.3 is 0 Å². The number of aromatic nitrogens is 1. The van der Waals surface area contributed by atoms with Crippen LogP contribution in [0.5, 0.6) is 0 Å². The Morgan fingerprint density at radius 3 is 2.79 bits per heavy atom. The van der Waals surface area contributed by atoms with Gasteiger partial charge in [0.2, 0.25) is 5.91 Å². The number of anilines is 1. The third kappa shape index (κ3) is 3.78. The molecule has 0 spiro atoms. The summed E-state index contributed by atoms with van der Waals surface area (Å²) in [6.45, 7) is 1.71. The Balaban J connectivity index is 1.88. The lowest BCUT2D eigenvalue weighted by molar-refractivity contribution is -0.113. The summed E-state index contributed by atoms with van der Waals surface area (Å²) in [6, 6.07) is 5.07. The summed E-state index contributed by atoms with van der Waals surface area (Å²) >= 11 is 1.10. The molecule has 0 fully saturated rings. The Bertz CT molecular complexity index is 601. The minimum atomic E-state index is -0.933. The summed E-state index contributed by atoms with van der Waals surface area (Å²) in [5.41, 5.74) is 0. The van der Waals surface area contributed by atoms with Crippen LogP contribution in [0.4, 0.5) is 14.6 Å². The average Bonchev–Trinajstić information content (AvgIpc) is 2.76. The van der Waals surface area contributed by atoms with E-state index in [1.54, 1.807) is 13.0 Å². The molecule has 4 nitrogen and oxygen atoms in total. The van der Waals surface area contributed by atoms with Crippen LogP contribution in [0.3, 0.4) is 0 Å². The highest BCUT2D eigenvalue weighted by Crippen LogP contribution is 2.20. The lowest BCUT2D eigenvalue weighted by Gasteiger charge is -2.02. The molecule has 1 heterocycles. The van der Waals surface area contributed by atoms with Crippen LogP contribution in [0.1, 0.15) is 5.76 Å². The molecule has 1 N–H and O–H groups in total. The van der Waals surface area contributed by atoms with E-state index in [0.29, 0.717) is 16.5 Å². The molecule has 0 radical (unpaired) electrons. The second kappa shape index (κ2) is 5.83. The van der Waals surface area contributed by atoms with E-state index >= 15 is 0 Å². The number of nitrogens with zero attached hydrogens (tertiary/aromatic N) is 1. The van der Waals surface area contributed by atoms with Crippen LogP contribution < -0.4 is 5.32 Å². The summed E-state index contributed by atoms with van der Waals surface area (Å²) in [5, 5.41) is 6.14. The van der Waals surface area contributed by atoms with Crippen molar-refractivity contribution >= 4 is 23.5 Å². The third-order valence-corrected chi connectivity index (χ3v) is 3.15. The summed E-state index contributed by atoms with van der Waals surface area (Å²) in [4.78, 5) is 12.0. The Hall–Kier alpha value is -1.89. The van der Waals surface area contributed by atoms with Crippen molar-refractivity contribution in [1.29, 1.82) is 0 Å². The highest BCUT2D eigenvalue weighted by Gasteiger charge is 2.08. The smallest absolute Gasteiger partial charge is 0.235 e. The van der Waals surface area contributed by atoms with Gasteiger partial charge < -0.3 is 9.84 Å². The first-order valence-corrected chi connectivity index (χ1v) is 6.34. The average molecular weight is 284 g/mol.